The van der Waals surface area contributed by atoms with Crippen LogP contribution in [0.2, 0.25) is 0 Å². The van der Waals surface area contributed by atoms with Gasteiger partial charge in [0.15, 0.2) is 0 Å². The summed E-state index contributed by atoms with van der Waals surface area (Å²) in [5.41, 5.74) is 1.72. The van der Waals surface area contributed by atoms with Crippen molar-refractivity contribution in [2.24, 2.45) is 0 Å². The lowest BCUT2D eigenvalue weighted by molar-refractivity contribution is -0.139. The van der Waals surface area contributed by atoms with Crippen molar-refractivity contribution in [3.05, 3.63) is 53.6 Å². The van der Waals surface area contributed by atoms with Crippen LogP contribution < -0.4 is 0 Å². The minimum atomic E-state index is -0.250. The zero-order chi connectivity index (χ0) is 15.5. The third kappa shape index (κ3) is 6.91. The van der Waals surface area contributed by atoms with Crippen LogP contribution in [0.5, 0.6) is 0 Å². The second-order valence-corrected chi connectivity index (χ2v) is 4.78. The summed E-state index contributed by atoms with van der Waals surface area (Å²) in [5.74, 6) is -0.250. The normalized spacial score (nSPS) is 12.1. The highest BCUT2D eigenvalue weighted by Crippen LogP contribution is 2.03. The van der Waals surface area contributed by atoms with Gasteiger partial charge in [-0.05, 0) is 25.6 Å². The maximum absolute atomic E-state index is 11.8. The largest absolute Gasteiger partial charge is 0.461 e. The molecular formula is C18H25NO2. The first-order chi connectivity index (χ1) is 10.2. The summed E-state index contributed by atoms with van der Waals surface area (Å²) in [6.07, 6.45) is 5.62. The Labute approximate surface area is 127 Å². The van der Waals surface area contributed by atoms with Crippen molar-refractivity contribution in [3.8, 4) is 0 Å². The number of ether oxygens (including phenoxy) is 1. The van der Waals surface area contributed by atoms with E-state index in [0.29, 0.717) is 12.2 Å². The number of allylic oxidation sites excluding steroid dienone is 2. The number of carbonyl (C=O) groups is 1. The molecule has 0 spiro atoms. The topological polar surface area (TPSA) is 29.5 Å². The summed E-state index contributed by atoms with van der Waals surface area (Å²) < 4.78 is 5.26. The van der Waals surface area contributed by atoms with Gasteiger partial charge in [-0.15, -0.1) is 0 Å². The standard InChI is InChI=1S/C18H25NO2/c1-4-19(5-2)14-15-21-18(20)16(3)10-9-13-17-11-7-6-8-12-17/h6-13H,4-5,14-15H2,1-3H3. The van der Waals surface area contributed by atoms with Gasteiger partial charge in [0.2, 0.25) is 0 Å². The van der Waals surface area contributed by atoms with Crippen molar-refractivity contribution in [1.29, 1.82) is 0 Å². The molecule has 21 heavy (non-hydrogen) atoms. The molecule has 0 aliphatic carbocycles. The van der Waals surface area contributed by atoms with Gasteiger partial charge in [-0.2, -0.15) is 0 Å². The molecule has 0 saturated heterocycles. The molecule has 0 radical (unpaired) electrons. The van der Waals surface area contributed by atoms with Crippen LogP contribution >= 0.6 is 0 Å². The van der Waals surface area contributed by atoms with E-state index >= 15 is 0 Å². The number of rotatable bonds is 8. The molecule has 0 unspecified atom stereocenters. The van der Waals surface area contributed by atoms with Gasteiger partial charge in [0.25, 0.3) is 0 Å². The van der Waals surface area contributed by atoms with Gasteiger partial charge in [0, 0.05) is 12.1 Å². The Bertz CT molecular complexity index is 473. The predicted molar refractivity (Wildman–Crippen MR) is 88.0 cm³/mol. The lowest BCUT2D eigenvalue weighted by Gasteiger charge is -2.17. The molecule has 0 saturated carbocycles. The molecule has 0 heterocycles. The summed E-state index contributed by atoms with van der Waals surface area (Å²) >= 11 is 0. The summed E-state index contributed by atoms with van der Waals surface area (Å²) in [6, 6.07) is 9.98. The van der Waals surface area contributed by atoms with Gasteiger partial charge in [-0.25, -0.2) is 4.79 Å². The van der Waals surface area contributed by atoms with Crippen LogP contribution in [-0.4, -0.2) is 37.1 Å². The second kappa shape index (κ2) is 9.94. The van der Waals surface area contributed by atoms with Crippen molar-refractivity contribution in [2.75, 3.05) is 26.2 Å². The zero-order valence-corrected chi connectivity index (χ0v) is 13.2. The summed E-state index contributed by atoms with van der Waals surface area (Å²) in [6.45, 7) is 9.15. The molecule has 0 aromatic heterocycles. The molecule has 114 valence electrons. The highest BCUT2D eigenvalue weighted by molar-refractivity contribution is 5.88. The van der Waals surface area contributed by atoms with Crippen molar-refractivity contribution >= 4 is 12.0 Å². The fraction of sp³-hybridized carbons (Fsp3) is 0.389. The van der Waals surface area contributed by atoms with Gasteiger partial charge in [0.1, 0.15) is 6.61 Å². The molecule has 0 aliphatic rings. The van der Waals surface area contributed by atoms with Crippen molar-refractivity contribution in [2.45, 2.75) is 20.8 Å². The average molecular weight is 287 g/mol. The first kappa shape index (κ1) is 17.2. The van der Waals surface area contributed by atoms with E-state index in [4.69, 9.17) is 4.74 Å². The van der Waals surface area contributed by atoms with Crippen molar-refractivity contribution < 1.29 is 9.53 Å². The van der Waals surface area contributed by atoms with E-state index in [1.54, 1.807) is 13.0 Å². The Kier molecular flexibility index (Phi) is 8.14. The highest BCUT2D eigenvalue weighted by atomic mass is 16.5. The van der Waals surface area contributed by atoms with E-state index < -0.39 is 0 Å². The highest BCUT2D eigenvalue weighted by Gasteiger charge is 2.05. The Morgan fingerprint density at radius 3 is 2.48 bits per heavy atom. The van der Waals surface area contributed by atoms with Crippen LogP contribution in [0.4, 0.5) is 0 Å². The van der Waals surface area contributed by atoms with E-state index in [1.165, 1.54) is 0 Å². The number of esters is 1. The fourth-order valence-corrected chi connectivity index (χ4v) is 1.86. The Balaban J connectivity index is 2.39. The first-order valence-corrected chi connectivity index (χ1v) is 7.46. The summed E-state index contributed by atoms with van der Waals surface area (Å²) in [5, 5.41) is 0. The molecule has 0 aliphatic heterocycles. The summed E-state index contributed by atoms with van der Waals surface area (Å²) in [4.78, 5) is 14.0. The lowest BCUT2D eigenvalue weighted by atomic mass is 10.2. The van der Waals surface area contributed by atoms with E-state index in [0.717, 1.165) is 25.2 Å². The SMILES string of the molecule is CCN(CC)CCOC(=O)C(C)=CC=Cc1ccccc1. The maximum Gasteiger partial charge on any atom is 0.333 e. The molecule has 1 aromatic rings. The smallest absolute Gasteiger partial charge is 0.333 e. The number of benzene rings is 1. The quantitative estimate of drug-likeness (QED) is 0.416. The minimum absolute atomic E-state index is 0.250. The summed E-state index contributed by atoms with van der Waals surface area (Å²) in [7, 11) is 0. The molecule has 3 nitrogen and oxygen atoms in total. The van der Waals surface area contributed by atoms with Gasteiger partial charge < -0.3 is 9.64 Å². The molecule has 1 rings (SSSR count). The van der Waals surface area contributed by atoms with E-state index in [1.807, 2.05) is 42.5 Å². The van der Waals surface area contributed by atoms with E-state index in [9.17, 15) is 4.79 Å². The Morgan fingerprint density at radius 1 is 1.19 bits per heavy atom. The third-order valence-corrected chi connectivity index (χ3v) is 3.29. The molecule has 0 fully saturated rings. The number of carbonyl (C=O) groups excluding carboxylic acids is 1. The van der Waals surface area contributed by atoms with E-state index in [2.05, 4.69) is 18.7 Å². The Morgan fingerprint density at radius 2 is 1.86 bits per heavy atom. The Hall–Kier alpha value is -1.87. The van der Waals surface area contributed by atoms with Gasteiger partial charge in [0.05, 0.1) is 0 Å². The third-order valence-electron chi connectivity index (χ3n) is 3.29. The van der Waals surface area contributed by atoms with Crippen molar-refractivity contribution in [1.82, 2.24) is 4.90 Å². The number of nitrogens with zero attached hydrogens (tertiary/aromatic N) is 1. The molecular weight excluding hydrogens is 262 g/mol. The van der Waals surface area contributed by atoms with Crippen LogP contribution in [0.15, 0.2) is 48.1 Å². The molecule has 0 amide bonds. The van der Waals surface area contributed by atoms with Gasteiger partial charge >= 0.3 is 5.97 Å². The minimum Gasteiger partial charge on any atom is -0.461 e. The first-order valence-electron chi connectivity index (χ1n) is 7.46. The lowest BCUT2D eigenvalue weighted by Crippen LogP contribution is -2.28. The molecule has 3 heteroatoms. The van der Waals surface area contributed by atoms with Crippen molar-refractivity contribution in [3.63, 3.8) is 0 Å². The van der Waals surface area contributed by atoms with Crippen LogP contribution in [-0.2, 0) is 9.53 Å². The zero-order valence-electron chi connectivity index (χ0n) is 13.2. The van der Waals surface area contributed by atoms with Crippen LogP contribution in [0, 0.1) is 0 Å². The van der Waals surface area contributed by atoms with Crippen LogP contribution in [0.25, 0.3) is 6.08 Å². The number of likely N-dealkylation sites (N-methyl/N-ethyl adjacent to an activating group) is 1. The van der Waals surface area contributed by atoms with Gasteiger partial charge in [-0.1, -0.05) is 62.4 Å². The van der Waals surface area contributed by atoms with Crippen LogP contribution in [0.3, 0.4) is 0 Å². The number of hydrogen-bond donors (Lipinski definition) is 0. The second-order valence-electron chi connectivity index (χ2n) is 4.78. The number of hydrogen-bond acceptors (Lipinski definition) is 3. The average Bonchev–Trinajstić information content (AvgIpc) is 2.52. The monoisotopic (exact) mass is 287 g/mol. The molecule has 0 bridgehead atoms. The van der Waals surface area contributed by atoms with Crippen LogP contribution in [0.1, 0.15) is 26.3 Å². The maximum atomic E-state index is 11.8. The predicted octanol–water partition coefficient (Wildman–Crippen LogP) is 3.53. The fourth-order valence-electron chi connectivity index (χ4n) is 1.86. The van der Waals surface area contributed by atoms with Gasteiger partial charge in [-0.3, -0.25) is 0 Å². The van der Waals surface area contributed by atoms with E-state index in [-0.39, 0.29) is 5.97 Å². The molecule has 1 aromatic carbocycles. The molecule has 0 atom stereocenters. The molecule has 0 N–H and O–H groups in total.